The SMILES string of the molecule is Brc1ccc(-c2nnc(-c3ccccc3)o2)cc1.c1ccc(-c2nnc(-c3ccc(-n4c5ccccc5c5cc(-c6ccc7c(c6)c6ccccc6n7-c6ccccc6)ccc54)cc3)o2)cc1.c1ccc(-n2c3ccccc3c3cc(-c4ccc5[nH]c6ccccc6c5c4)ccc32)cc1. The van der Waals surface area contributed by atoms with Gasteiger partial charge in [0, 0.05) is 97.9 Å². The summed E-state index contributed by atoms with van der Waals surface area (Å²) in [6, 6.07) is 119. The van der Waals surface area contributed by atoms with Crippen molar-refractivity contribution in [2.45, 2.75) is 0 Å². The zero-order valence-electron chi connectivity index (χ0n) is 53.2. The summed E-state index contributed by atoms with van der Waals surface area (Å²) in [5, 5.41) is 26.7. The number of para-hydroxylation sites is 6. The number of halogens is 1. The van der Waals surface area contributed by atoms with Crippen LogP contribution in [0.15, 0.2) is 353 Å². The minimum absolute atomic E-state index is 0.501. The normalized spacial score (nSPS) is 11.5. The number of benzene rings is 14. The van der Waals surface area contributed by atoms with Gasteiger partial charge in [0.25, 0.3) is 0 Å². The number of hydrogen-bond donors (Lipinski definition) is 1. The van der Waals surface area contributed by atoms with Gasteiger partial charge in [-0.15, -0.1) is 20.4 Å². The van der Waals surface area contributed by atoms with E-state index in [0.29, 0.717) is 23.6 Å². The summed E-state index contributed by atoms with van der Waals surface area (Å²) in [7, 11) is 0. The molecule has 0 atom stereocenters. The van der Waals surface area contributed by atoms with E-state index in [9.17, 15) is 0 Å². The van der Waals surface area contributed by atoms with Gasteiger partial charge in [-0.2, -0.15) is 0 Å². The fourth-order valence-corrected chi connectivity index (χ4v) is 14.2. The van der Waals surface area contributed by atoms with Crippen molar-refractivity contribution in [3.05, 3.63) is 344 Å². The summed E-state index contributed by atoms with van der Waals surface area (Å²) < 4.78 is 19.8. The summed E-state index contributed by atoms with van der Waals surface area (Å²) in [6.45, 7) is 0. The third kappa shape index (κ3) is 10.8. The molecule has 0 aliphatic rings. The Morgan fingerprint density at radius 2 is 0.505 bits per heavy atom. The van der Waals surface area contributed by atoms with Gasteiger partial charge in [0.2, 0.25) is 23.6 Å². The second-order valence-corrected chi connectivity index (χ2v) is 25.4. The molecular formula is C88H57BrN8O2. The van der Waals surface area contributed by atoms with Gasteiger partial charge in [-0.3, -0.25) is 0 Å². The van der Waals surface area contributed by atoms with E-state index in [2.05, 4.69) is 298 Å². The molecule has 0 amide bonds. The van der Waals surface area contributed by atoms with Crippen molar-refractivity contribution in [1.29, 1.82) is 0 Å². The lowest BCUT2D eigenvalue weighted by molar-refractivity contribution is 0.584. The van der Waals surface area contributed by atoms with E-state index in [1.54, 1.807) is 0 Å². The van der Waals surface area contributed by atoms with Crippen LogP contribution in [0.4, 0.5) is 0 Å². The zero-order valence-corrected chi connectivity index (χ0v) is 54.7. The lowest BCUT2D eigenvalue weighted by Crippen LogP contribution is -1.94. The topological polar surface area (TPSA) is 108 Å². The quantitative estimate of drug-likeness (QED) is 0.154. The van der Waals surface area contributed by atoms with E-state index in [4.69, 9.17) is 8.83 Å². The smallest absolute Gasteiger partial charge is 0.248 e. The van der Waals surface area contributed by atoms with Crippen molar-refractivity contribution in [2.24, 2.45) is 0 Å². The maximum atomic E-state index is 6.03. The van der Waals surface area contributed by atoms with Crippen molar-refractivity contribution in [1.82, 2.24) is 39.1 Å². The summed E-state index contributed by atoms with van der Waals surface area (Å²) in [5.74, 6) is 2.08. The molecule has 6 heterocycles. The maximum absolute atomic E-state index is 6.03. The van der Waals surface area contributed by atoms with Crippen LogP contribution in [0.2, 0.25) is 0 Å². The number of fused-ring (bicyclic) bond motifs is 12. The predicted molar refractivity (Wildman–Crippen MR) is 408 cm³/mol. The number of nitrogens with zero attached hydrogens (tertiary/aromatic N) is 7. The number of nitrogens with one attached hydrogen (secondary N) is 1. The molecule has 468 valence electrons. The largest absolute Gasteiger partial charge is 0.416 e. The first kappa shape index (κ1) is 58.6. The molecule has 11 heteroatoms. The van der Waals surface area contributed by atoms with Gasteiger partial charge in [0.05, 0.1) is 33.1 Å². The van der Waals surface area contributed by atoms with E-state index in [-0.39, 0.29) is 0 Å². The average molecular weight is 1340 g/mol. The van der Waals surface area contributed by atoms with Crippen LogP contribution < -0.4 is 0 Å². The summed E-state index contributed by atoms with van der Waals surface area (Å²) >= 11 is 3.39. The monoisotopic (exact) mass is 1340 g/mol. The molecule has 0 aliphatic heterocycles. The Morgan fingerprint density at radius 1 is 0.222 bits per heavy atom. The van der Waals surface area contributed by atoms with Crippen molar-refractivity contribution in [3.8, 4) is 85.1 Å². The third-order valence-corrected chi connectivity index (χ3v) is 19.1. The van der Waals surface area contributed by atoms with Crippen LogP contribution in [-0.2, 0) is 0 Å². The first-order valence-electron chi connectivity index (χ1n) is 32.9. The second-order valence-electron chi connectivity index (χ2n) is 24.5. The zero-order chi connectivity index (χ0) is 65.8. The molecule has 99 heavy (non-hydrogen) atoms. The van der Waals surface area contributed by atoms with Crippen LogP contribution in [0.5, 0.6) is 0 Å². The molecule has 10 nitrogen and oxygen atoms in total. The lowest BCUT2D eigenvalue weighted by Gasteiger charge is -2.09. The molecule has 20 rings (SSSR count). The summed E-state index contributed by atoms with van der Waals surface area (Å²) in [5.41, 5.74) is 21.5. The minimum Gasteiger partial charge on any atom is -0.416 e. The Kier molecular flexibility index (Phi) is 14.8. The minimum atomic E-state index is 0.501. The van der Waals surface area contributed by atoms with Crippen LogP contribution in [0.3, 0.4) is 0 Å². The van der Waals surface area contributed by atoms with Crippen LogP contribution in [0.1, 0.15) is 0 Å². The highest BCUT2D eigenvalue weighted by Crippen LogP contribution is 2.41. The van der Waals surface area contributed by atoms with Gasteiger partial charge >= 0.3 is 0 Å². The first-order valence-corrected chi connectivity index (χ1v) is 33.7. The molecule has 14 aromatic carbocycles. The Labute approximate surface area is 576 Å². The van der Waals surface area contributed by atoms with Gasteiger partial charge < -0.3 is 27.5 Å². The standard InChI is InChI=1S/C44H28N4O.C30H20N2.C14H9BrN2O/c1-3-11-29(12-4-1)43-45-46-44(49-43)30-19-23-34(24-20-30)48-40-18-10-8-16-36(40)38-28-32(22-26-42(38)48)31-21-25-41-37(27-31)35-15-7-9-17-39(35)47(41)33-13-5-2-6-14-33;1-2-8-22(9-3-1)32-29-13-7-5-11-24(29)26-19-21(15-17-30(26)32)20-14-16-28-25(18-20)23-10-4-6-12-27(23)31-28;15-12-8-6-11(7-9-12)14-17-16-13(18-14)10-4-2-1-3-5-10/h1-28H;1-19,31H;1-9H. The number of aromatic amines is 1. The Morgan fingerprint density at radius 3 is 0.919 bits per heavy atom. The van der Waals surface area contributed by atoms with Crippen LogP contribution in [-0.4, -0.2) is 39.1 Å². The van der Waals surface area contributed by atoms with Crippen LogP contribution in [0, 0.1) is 0 Å². The molecule has 0 bridgehead atoms. The van der Waals surface area contributed by atoms with E-state index in [1.165, 1.54) is 104 Å². The molecule has 0 saturated heterocycles. The molecule has 0 radical (unpaired) electrons. The molecule has 0 saturated carbocycles. The maximum Gasteiger partial charge on any atom is 0.248 e. The van der Waals surface area contributed by atoms with E-state index < -0.39 is 0 Å². The number of hydrogen-bond acceptors (Lipinski definition) is 6. The van der Waals surface area contributed by atoms with Crippen molar-refractivity contribution in [3.63, 3.8) is 0 Å². The molecule has 0 spiro atoms. The Balaban J connectivity index is 0.000000121. The lowest BCUT2D eigenvalue weighted by atomic mass is 10.0. The molecule has 0 aliphatic carbocycles. The second kappa shape index (κ2) is 25.0. The molecule has 0 fully saturated rings. The van der Waals surface area contributed by atoms with Gasteiger partial charge in [0.15, 0.2) is 0 Å². The van der Waals surface area contributed by atoms with Crippen molar-refractivity contribution >= 4 is 103 Å². The highest BCUT2D eigenvalue weighted by Gasteiger charge is 2.19. The number of aromatic nitrogens is 8. The molecule has 1 N–H and O–H groups in total. The van der Waals surface area contributed by atoms with E-state index in [1.807, 2.05) is 97.1 Å². The van der Waals surface area contributed by atoms with Crippen molar-refractivity contribution < 1.29 is 8.83 Å². The van der Waals surface area contributed by atoms with Gasteiger partial charge in [-0.05, 0) is 192 Å². The summed E-state index contributed by atoms with van der Waals surface area (Å²) in [6.07, 6.45) is 0. The molecule has 6 aromatic heterocycles. The highest BCUT2D eigenvalue weighted by atomic mass is 79.9. The highest BCUT2D eigenvalue weighted by molar-refractivity contribution is 9.10. The fourth-order valence-electron chi connectivity index (χ4n) is 13.9. The van der Waals surface area contributed by atoms with Gasteiger partial charge in [-0.1, -0.05) is 186 Å². The molecule has 0 unspecified atom stereocenters. The van der Waals surface area contributed by atoms with Gasteiger partial charge in [0.1, 0.15) is 0 Å². The fraction of sp³-hybridized carbons (Fsp3) is 0. The predicted octanol–water partition coefficient (Wildman–Crippen LogP) is 23.5. The molecular weight excluding hydrogens is 1280 g/mol. The van der Waals surface area contributed by atoms with E-state index in [0.717, 1.165) is 49.1 Å². The van der Waals surface area contributed by atoms with E-state index >= 15 is 0 Å². The first-order chi connectivity index (χ1) is 49.0. The Bertz CT molecular complexity index is 6350. The van der Waals surface area contributed by atoms with Crippen molar-refractivity contribution in [2.75, 3.05) is 0 Å². The third-order valence-electron chi connectivity index (χ3n) is 18.6. The number of H-pyrrole nitrogens is 1. The summed E-state index contributed by atoms with van der Waals surface area (Å²) in [4.78, 5) is 3.53. The van der Waals surface area contributed by atoms with Crippen LogP contribution in [0.25, 0.3) is 172 Å². The Hall–Kier alpha value is -13.0. The number of rotatable bonds is 9. The average Bonchev–Trinajstić information content (AvgIpc) is 1.60. The molecule has 20 aromatic rings. The van der Waals surface area contributed by atoms with Crippen LogP contribution >= 0.6 is 15.9 Å². The van der Waals surface area contributed by atoms with Gasteiger partial charge in [-0.25, -0.2) is 0 Å².